The number of H-pyrrole nitrogens is 1. The fourth-order valence-electron chi connectivity index (χ4n) is 4.01. The van der Waals surface area contributed by atoms with Gasteiger partial charge in [0.2, 0.25) is 0 Å². The van der Waals surface area contributed by atoms with Crippen molar-refractivity contribution in [3.63, 3.8) is 0 Å². The third-order valence-corrected chi connectivity index (χ3v) is 5.40. The largest absolute Gasteiger partial charge is 0.465 e. The fraction of sp³-hybridized carbons (Fsp3) is 0.318. The Morgan fingerprint density at radius 3 is 2.77 bits per heavy atom. The average Bonchev–Trinajstić information content (AvgIpc) is 3.12. The second kappa shape index (κ2) is 7.34. The van der Waals surface area contributed by atoms with E-state index in [0.29, 0.717) is 11.5 Å². The smallest absolute Gasteiger partial charge is 0.337 e. The summed E-state index contributed by atoms with van der Waals surface area (Å²) in [6, 6.07) is 16.3. The molecule has 0 unspecified atom stereocenters. The van der Waals surface area contributed by atoms with E-state index in [4.69, 9.17) is 4.74 Å². The number of hydrogen-bond donors (Lipinski definition) is 1. The van der Waals surface area contributed by atoms with Crippen molar-refractivity contribution in [3.8, 4) is 0 Å². The van der Waals surface area contributed by atoms with E-state index in [1.165, 1.54) is 42.0 Å². The van der Waals surface area contributed by atoms with Gasteiger partial charge in [0, 0.05) is 23.6 Å². The summed E-state index contributed by atoms with van der Waals surface area (Å²) in [5.74, 6) is 0.341. The lowest BCUT2D eigenvalue weighted by atomic mass is 9.89. The van der Waals surface area contributed by atoms with Crippen LogP contribution in [0.5, 0.6) is 0 Å². The Morgan fingerprint density at radius 1 is 1.15 bits per heavy atom. The van der Waals surface area contributed by atoms with Gasteiger partial charge < -0.3 is 9.72 Å². The van der Waals surface area contributed by atoms with Crippen molar-refractivity contribution >= 4 is 16.9 Å². The lowest BCUT2D eigenvalue weighted by Crippen LogP contribution is -2.32. The van der Waals surface area contributed by atoms with Gasteiger partial charge in [0.15, 0.2) is 0 Å². The quantitative estimate of drug-likeness (QED) is 0.714. The molecule has 134 valence electrons. The standard InChI is InChI=1S/C22H24N2O2/c1-26-22(25)18-6-4-5-16(13-18)15-24-11-9-17(10-12-24)20-14-23-21-8-3-2-7-19(20)21/h2-8,13-14,17,23H,9-12,15H2,1H3. The number of nitrogens with zero attached hydrogens (tertiary/aromatic N) is 1. The number of likely N-dealkylation sites (tertiary alicyclic amines) is 1. The molecule has 1 N–H and O–H groups in total. The zero-order valence-corrected chi connectivity index (χ0v) is 15.1. The van der Waals surface area contributed by atoms with Crippen molar-refractivity contribution in [2.24, 2.45) is 0 Å². The number of carbonyl (C=O) groups is 1. The van der Waals surface area contributed by atoms with E-state index in [1.54, 1.807) is 6.07 Å². The van der Waals surface area contributed by atoms with Crippen LogP contribution in [0.3, 0.4) is 0 Å². The predicted molar refractivity (Wildman–Crippen MR) is 103 cm³/mol. The van der Waals surface area contributed by atoms with Gasteiger partial charge >= 0.3 is 5.97 Å². The fourth-order valence-corrected chi connectivity index (χ4v) is 4.01. The predicted octanol–water partition coefficient (Wildman–Crippen LogP) is 4.33. The number of rotatable bonds is 4. The molecule has 26 heavy (non-hydrogen) atoms. The molecular weight excluding hydrogens is 324 g/mol. The van der Waals surface area contributed by atoms with E-state index in [2.05, 4.69) is 46.4 Å². The van der Waals surface area contributed by atoms with E-state index in [-0.39, 0.29) is 5.97 Å². The molecular formula is C22H24N2O2. The maximum absolute atomic E-state index is 11.7. The molecule has 0 atom stereocenters. The molecule has 2 heterocycles. The van der Waals surface area contributed by atoms with Crippen LogP contribution in [0.25, 0.3) is 10.9 Å². The monoisotopic (exact) mass is 348 g/mol. The Labute approximate surface area is 153 Å². The Kier molecular flexibility index (Phi) is 4.76. The first-order chi connectivity index (χ1) is 12.7. The molecule has 0 spiro atoms. The minimum atomic E-state index is -0.273. The third kappa shape index (κ3) is 3.37. The maximum Gasteiger partial charge on any atom is 0.337 e. The van der Waals surface area contributed by atoms with Gasteiger partial charge in [-0.1, -0.05) is 30.3 Å². The van der Waals surface area contributed by atoms with Crippen LogP contribution in [0.15, 0.2) is 54.7 Å². The number of fused-ring (bicyclic) bond motifs is 1. The van der Waals surface area contributed by atoms with Crippen molar-refractivity contribution in [1.82, 2.24) is 9.88 Å². The first kappa shape index (κ1) is 16.9. The van der Waals surface area contributed by atoms with Gasteiger partial charge in [-0.3, -0.25) is 4.90 Å². The summed E-state index contributed by atoms with van der Waals surface area (Å²) in [6.45, 7) is 3.03. The van der Waals surface area contributed by atoms with Gasteiger partial charge in [-0.05, 0) is 61.2 Å². The van der Waals surface area contributed by atoms with Crippen LogP contribution in [-0.2, 0) is 11.3 Å². The van der Waals surface area contributed by atoms with Crippen molar-refractivity contribution < 1.29 is 9.53 Å². The molecule has 0 radical (unpaired) electrons. The summed E-state index contributed by atoms with van der Waals surface area (Å²) in [4.78, 5) is 17.6. The molecule has 0 aliphatic carbocycles. The van der Waals surface area contributed by atoms with Gasteiger partial charge in [0.05, 0.1) is 12.7 Å². The molecule has 4 heteroatoms. The molecule has 1 saturated heterocycles. The van der Waals surface area contributed by atoms with Gasteiger partial charge in [0.25, 0.3) is 0 Å². The molecule has 2 aromatic carbocycles. The first-order valence-corrected chi connectivity index (χ1v) is 9.20. The topological polar surface area (TPSA) is 45.3 Å². The van der Waals surface area contributed by atoms with E-state index >= 15 is 0 Å². The number of benzene rings is 2. The minimum Gasteiger partial charge on any atom is -0.465 e. The van der Waals surface area contributed by atoms with E-state index in [1.807, 2.05) is 12.1 Å². The number of methoxy groups -OCH3 is 1. The second-order valence-electron chi connectivity index (χ2n) is 7.03. The molecule has 1 aromatic heterocycles. The normalized spacial score (nSPS) is 16.0. The third-order valence-electron chi connectivity index (χ3n) is 5.40. The summed E-state index contributed by atoms with van der Waals surface area (Å²) in [5.41, 5.74) is 4.47. The van der Waals surface area contributed by atoms with Gasteiger partial charge in [-0.25, -0.2) is 4.79 Å². The summed E-state index contributed by atoms with van der Waals surface area (Å²) in [6.07, 6.45) is 4.52. The Bertz CT molecular complexity index is 907. The van der Waals surface area contributed by atoms with E-state index < -0.39 is 0 Å². The zero-order valence-electron chi connectivity index (χ0n) is 15.1. The molecule has 0 amide bonds. The van der Waals surface area contributed by atoms with Crippen LogP contribution in [0, 0.1) is 0 Å². The van der Waals surface area contributed by atoms with Crippen LogP contribution in [0.2, 0.25) is 0 Å². The number of hydrogen-bond acceptors (Lipinski definition) is 3. The number of aromatic amines is 1. The highest BCUT2D eigenvalue weighted by Gasteiger charge is 2.22. The molecule has 4 nitrogen and oxygen atoms in total. The van der Waals surface area contributed by atoms with Crippen LogP contribution in [-0.4, -0.2) is 36.1 Å². The van der Waals surface area contributed by atoms with Crippen molar-refractivity contribution in [1.29, 1.82) is 0 Å². The Hall–Kier alpha value is -2.59. The number of carbonyl (C=O) groups excluding carboxylic acids is 1. The molecule has 1 aliphatic rings. The summed E-state index contributed by atoms with van der Waals surface area (Å²) >= 11 is 0. The van der Waals surface area contributed by atoms with Gasteiger partial charge in [0.1, 0.15) is 0 Å². The van der Waals surface area contributed by atoms with Crippen LogP contribution in [0.4, 0.5) is 0 Å². The summed E-state index contributed by atoms with van der Waals surface area (Å²) < 4.78 is 4.82. The lowest BCUT2D eigenvalue weighted by molar-refractivity contribution is 0.0600. The number of ether oxygens (including phenoxy) is 1. The van der Waals surface area contributed by atoms with Crippen LogP contribution >= 0.6 is 0 Å². The maximum atomic E-state index is 11.7. The number of para-hydroxylation sites is 1. The summed E-state index contributed by atoms with van der Waals surface area (Å²) in [7, 11) is 1.42. The van der Waals surface area contributed by atoms with Crippen molar-refractivity contribution in [2.45, 2.75) is 25.3 Å². The number of esters is 1. The summed E-state index contributed by atoms with van der Waals surface area (Å²) in [5, 5.41) is 1.36. The first-order valence-electron chi connectivity index (χ1n) is 9.20. The molecule has 3 aromatic rings. The van der Waals surface area contributed by atoms with E-state index in [0.717, 1.165) is 19.6 Å². The highest BCUT2D eigenvalue weighted by molar-refractivity contribution is 5.89. The van der Waals surface area contributed by atoms with Gasteiger partial charge in [-0.2, -0.15) is 0 Å². The zero-order chi connectivity index (χ0) is 17.9. The lowest BCUT2D eigenvalue weighted by Gasteiger charge is -2.32. The molecule has 4 rings (SSSR count). The van der Waals surface area contributed by atoms with Gasteiger partial charge in [-0.15, -0.1) is 0 Å². The highest BCUT2D eigenvalue weighted by atomic mass is 16.5. The number of aromatic nitrogens is 1. The number of nitrogens with one attached hydrogen (secondary N) is 1. The van der Waals surface area contributed by atoms with Crippen LogP contribution < -0.4 is 0 Å². The van der Waals surface area contributed by atoms with Crippen molar-refractivity contribution in [3.05, 3.63) is 71.4 Å². The molecule has 1 fully saturated rings. The molecule has 0 bridgehead atoms. The van der Waals surface area contributed by atoms with Crippen LogP contribution in [0.1, 0.15) is 40.2 Å². The highest BCUT2D eigenvalue weighted by Crippen LogP contribution is 2.33. The van der Waals surface area contributed by atoms with E-state index in [9.17, 15) is 4.79 Å². The second-order valence-corrected chi connectivity index (χ2v) is 7.03. The Balaban J connectivity index is 1.40. The minimum absolute atomic E-state index is 0.273. The molecule has 0 saturated carbocycles. The van der Waals surface area contributed by atoms with Crippen molar-refractivity contribution in [2.75, 3.05) is 20.2 Å². The molecule has 1 aliphatic heterocycles. The SMILES string of the molecule is COC(=O)c1cccc(CN2CCC(c3c[nH]c4ccccc34)CC2)c1. The average molecular weight is 348 g/mol. The Morgan fingerprint density at radius 2 is 1.96 bits per heavy atom. The number of piperidine rings is 1.